The minimum atomic E-state index is -0.696. The maximum atomic E-state index is 13.3. The summed E-state index contributed by atoms with van der Waals surface area (Å²) in [5, 5.41) is 16.8. The molecule has 0 fully saturated rings. The zero-order chi connectivity index (χ0) is 19.1. The molecule has 2 aromatic carbocycles. The SMILES string of the molecule is O=C(Nc1cc(F)cc(Cl)c1)Nc1cc(Cl)ccc1C(=O)NCCCO. The topological polar surface area (TPSA) is 90.5 Å². The van der Waals surface area contributed by atoms with Gasteiger partial charge in [0.25, 0.3) is 5.91 Å². The number of urea groups is 1. The quantitative estimate of drug-likeness (QED) is 0.555. The predicted octanol–water partition coefficient (Wildman–Crippen LogP) is 3.89. The lowest BCUT2D eigenvalue weighted by Gasteiger charge is -2.13. The van der Waals surface area contributed by atoms with E-state index in [1.807, 2.05) is 0 Å². The van der Waals surface area contributed by atoms with Gasteiger partial charge >= 0.3 is 6.03 Å². The lowest BCUT2D eigenvalue weighted by atomic mass is 10.1. The van der Waals surface area contributed by atoms with E-state index in [-0.39, 0.29) is 35.1 Å². The molecular formula is C17H16Cl2FN3O3. The third-order valence-electron chi connectivity index (χ3n) is 3.22. The molecule has 2 rings (SSSR count). The molecule has 0 aliphatic carbocycles. The molecule has 0 unspecified atom stereocenters. The highest BCUT2D eigenvalue weighted by Gasteiger charge is 2.14. The van der Waals surface area contributed by atoms with Gasteiger partial charge in [0.05, 0.1) is 11.3 Å². The monoisotopic (exact) mass is 399 g/mol. The molecule has 0 bridgehead atoms. The van der Waals surface area contributed by atoms with E-state index in [1.54, 1.807) is 0 Å². The molecule has 0 aliphatic heterocycles. The Balaban J connectivity index is 2.13. The molecule has 26 heavy (non-hydrogen) atoms. The first-order valence-corrected chi connectivity index (χ1v) is 8.37. The van der Waals surface area contributed by atoms with Crippen LogP contribution < -0.4 is 16.0 Å². The lowest BCUT2D eigenvalue weighted by molar-refractivity contribution is 0.0952. The number of carbonyl (C=O) groups excluding carboxylic acids is 2. The standard InChI is InChI=1S/C17H16Cl2FN3O3/c18-10-2-3-14(16(25)21-4-1-5-24)15(8-10)23-17(26)22-13-7-11(19)6-12(20)9-13/h2-3,6-9,24H,1,4-5H2,(H,21,25)(H2,22,23,26). The van der Waals surface area contributed by atoms with Crippen LogP contribution in [0.4, 0.5) is 20.6 Å². The summed E-state index contributed by atoms with van der Waals surface area (Å²) in [5.41, 5.74) is 0.530. The van der Waals surface area contributed by atoms with Gasteiger partial charge in [-0.15, -0.1) is 0 Å². The third kappa shape index (κ3) is 5.87. The normalized spacial score (nSPS) is 10.3. The molecule has 138 valence electrons. The van der Waals surface area contributed by atoms with Gasteiger partial charge in [-0.05, 0) is 42.8 Å². The lowest BCUT2D eigenvalue weighted by Crippen LogP contribution is -2.27. The summed E-state index contributed by atoms with van der Waals surface area (Å²) in [6.07, 6.45) is 0.406. The molecule has 9 heteroatoms. The fourth-order valence-electron chi connectivity index (χ4n) is 2.10. The van der Waals surface area contributed by atoms with E-state index in [2.05, 4.69) is 16.0 Å². The summed E-state index contributed by atoms with van der Waals surface area (Å²) in [7, 11) is 0. The van der Waals surface area contributed by atoms with E-state index < -0.39 is 17.8 Å². The number of halogens is 3. The molecule has 0 radical (unpaired) electrons. The highest BCUT2D eigenvalue weighted by atomic mass is 35.5. The smallest absolute Gasteiger partial charge is 0.323 e. The van der Waals surface area contributed by atoms with Crippen molar-refractivity contribution in [1.82, 2.24) is 5.32 Å². The molecule has 4 N–H and O–H groups in total. The number of aliphatic hydroxyl groups is 1. The van der Waals surface area contributed by atoms with Crippen LogP contribution in [0.25, 0.3) is 0 Å². The second-order valence-corrected chi connectivity index (χ2v) is 6.13. The van der Waals surface area contributed by atoms with Gasteiger partial charge in [-0.1, -0.05) is 23.2 Å². The van der Waals surface area contributed by atoms with Crippen LogP contribution >= 0.6 is 23.2 Å². The number of rotatable bonds is 6. The third-order valence-corrected chi connectivity index (χ3v) is 3.67. The number of hydrogen-bond acceptors (Lipinski definition) is 3. The van der Waals surface area contributed by atoms with E-state index in [9.17, 15) is 14.0 Å². The average Bonchev–Trinajstić information content (AvgIpc) is 2.53. The van der Waals surface area contributed by atoms with Gasteiger partial charge in [0.15, 0.2) is 0 Å². The van der Waals surface area contributed by atoms with E-state index in [1.165, 1.54) is 24.3 Å². The van der Waals surface area contributed by atoms with E-state index in [0.717, 1.165) is 12.1 Å². The summed E-state index contributed by atoms with van der Waals surface area (Å²) in [5.74, 6) is -1.03. The minimum absolute atomic E-state index is 0.0510. The molecule has 0 atom stereocenters. The number of benzene rings is 2. The van der Waals surface area contributed by atoms with Crippen LogP contribution in [0.1, 0.15) is 16.8 Å². The van der Waals surface area contributed by atoms with Gasteiger partial charge in [0.2, 0.25) is 0 Å². The summed E-state index contributed by atoms with van der Waals surface area (Å²) < 4.78 is 13.3. The largest absolute Gasteiger partial charge is 0.396 e. The van der Waals surface area contributed by atoms with Crippen molar-refractivity contribution < 1.29 is 19.1 Å². The summed E-state index contributed by atoms with van der Waals surface area (Å²) in [4.78, 5) is 24.4. The number of carbonyl (C=O) groups is 2. The van der Waals surface area contributed by atoms with Crippen molar-refractivity contribution in [3.8, 4) is 0 Å². The number of anilines is 2. The van der Waals surface area contributed by atoms with E-state index in [0.29, 0.717) is 11.4 Å². The molecule has 6 nitrogen and oxygen atoms in total. The van der Waals surface area contributed by atoms with Gasteiger partial charge in [-0.2, -0.15) is 0 Å². The van der Waals surface area contributed by atoms with Crippen LogP contribution in [0.3, 0.4) is 0 Å². The van der Waals surface area contributed by atoms with Crippen molar-refractivity contribution in [2.45, 2.75) is 6.42 Å². The van der Waals surface area contributed by atoms with Crippen LogP contribution in [0.5, 0.6) is 0 Å². The average molecular weight is 400 g/mol. The summed E-state index contributed by atoms with van der Waals surface area (Å²) >= 11 is 11.7. The van der Waals surface area contributed by atoms with Gasteiger partial charge < -0.3 is 21.1 Å². The van der Waals surface area contributed by atoms with Gasteiger partial charge in [0.1, 0.15) is 5.82 Å². The molecule has 0 saturated heterocycles. The number of amides is 3. The van der Waals surface area contributed by atoms with Crippen LogP contribution in [0.15, 0.2) is 36.4 Å². The zero-order valence-electron chi connectivity index (χ0n) is 13.5. The fourth-order valence-corrected chi connectivity index (χ4v) is 2.50. The molecule has 0 aromatic heterocycles. The van der Waals surface area contributed by atoms with Crippen LogP contribution in [0.2, 0.25) is 10.0 Å². The molecule has 2 aromatic rings. The minimum Gasteiger partial charge on any atom is -0.396 e. The van der Waals surface area contributed by atoms with Crippen molar-refractivity contribution in [3.05, 3.63) is 57.8 Å². The zero-order valence-corrected chi connectivity index (χ0v) is 15.0. The first-order chi connectivity index (χ1) is 12.4. The van der Waals surface area contributed by atoms with Crippen molar-refractivity contribution >= 4 is 46.5 Å². The number of nitrogens with one attached hydrogen (secondary N) is 3. The van der Waals surface area contributed by atoms with Crippen molar-refractivity contribution in [2.75, 3.05) is 23.8 Å². The van der Waals surface area contributed by atoms with Crippen molar-refractivity contribution in [2.24, 2.45) is 0 Å². The Morgan fingerprint density at radius 3 is 2.50 bits per heavy atom. The first-order valence-electron chi connectivity index (χ1n) is 7.62. The predicted molar refractivity (Wildman–Crippen MR) is 99.5 cm³/mol. The maximum absolute atomic E-state index is 13.3. The van der Waals surface area contributed by atoms with E-state index in [4.69, 9.17) is 28.3 Å². The second kappa shape index (κ2) is 9.38. The van der Waals surface area contributed by atoms with Crippen LogP contribution in [-0.2, 0) is 0 Å². The van der Waals surface area contributed by atoms with Crippen molar-refractivity contribution in [1.29, 1.82) is 0 Å². The number of aliphatic hydroxyl groups excluding tert-OH is 1. The molecule has 3 amide bonds. The van der Waals surface area contributed by atoms with Gasteiger partial charge in [0, 0.05) is 28.9 Å². The van der Waals surface area contributed by atoms with E-state index >= 15 is 0 Å². The Hall–Kier alpha value is -2.35. The highest BCUT2D eigenvalue weighted by Crippen LogP contribution is 2.22. The molecule has 0 saturated carbocycles. The maximum Gasteiger partial charge on any atom is 0.323 e. The molecule has 0 heterocycles. The highest BCUT2D eigenvalue weighted by molar-refractivity contribution is 6.31. The molecule has 0 aliphatic rings. The van der Waals surface area contributed by atoms with Crippen LogP contribution in [-0.4, -0.2) is 30.2 Å². The summed E-state index contributed by atoms with van der Waals surface area (Å²) in [6, 6.07) is 7.29. The Morgan fingerprint density at radius 2 is 1.81 bits per heavy atom. The Labute approximate surface area is 159 Å². The Kier molecular flexibility index (Phi) is 7.20. The first kappa shape index (κ1) is 20.0. The fraction of sp³-hybridized carbons (Fsp3) is 0.176. The molecular weight excluding hydrogens is 384 g/mol. The Morgan fingerprint density at radius 1 is 1.04 bits per heavy atom. The Bertz CT molecular complexity index is 798. The van der Waals surface area contributed by atoms with Gasteiger partial charge in [-0.25, -0.2) is 9.18 Å². The second-order valence-electron chi connectivity index (χ2n) is 5.26. The molecule has 0 spiro atoms. The van der Waals surface area contributed by atoms with Gasteiger partial charge in [-0.3, -0.25) is 4.79 Å². The van der Waals surface area contributed by atoms with Crippen molar-refractivity contribution in [3.63, 3.8) is 0 Å². The summed E-state index contributed by atoms with van der Waals surface area (Å²) in [6.45, 7) is 0.232. The van der Waals surface area contributed by atoms with Crippen LogP contribution in [0, 0.1) is 5.82 Å². The number of hydrogen-bond donors (Lipinski definition) is 4.